The number of benzene rings is 2. The third-order valence-corrected chi connectivity index (χ3v) is 5.39. The van der Waals surface area contributed by atoms with Gasteiger partial charge >= 0.3 is 5.97 Å². The van der Waals surface area contributed by atoms with Gasteiger partial charge in [-0.05, 0) is 68.7 Å². The first-order valence-electron chi connectivity index (χ1n) is 9.26. The minimum absolute atomic E-state index is 0.333. The Labute approximate surface area is 175 Å². The summed E-state index contributed by atoms with van der Waals surface area (Å²) in [5.41, 5.74) is 3.42. The number of carbonyl (C=O) groups excluding carboxylic acids is 1. The van der Waals surface area contributed by atoms with Crippen molar-refractivity contribution in [3.63, 3.8) is 0 Å². The highest BCUT2D eigenvalue weighted by Gasteiger charge is 2.17. The molecule has 4 nitrogen and oxygen atoms in total. The molecule has 0 N–H and O–H groups in total. The molecular weight excluding hydrogens is 397 g/mol. The molecule has 0 aliphatic rings. The van der Waals surface area contributed by atoms with Gasteiger partial charge in [0.15, 0.2) is 0 Å². The van der Waals surface area contributed by atoms with Crippen LogP contribution in [-0.4, -0.2) is 23.8 Å². The Hall–Kier alpha value is -2.17. The lowest BCUT2D eigenvalue weighted by Crippen LogP contribution is -2.13. The molecule has 1 heterocycles. The molecule has 0 fully saturated rings. The highest BCUT2D eigenvalue weighted by atomic mass is 35.5. The van der Waals surface area contributed by atoms with Gasteiger partial charge in [-0.15, -0.1) is 0 Å². The Bertz CT molecular complexity index is 987. The molecule has 28 heavy (non-hydrogen) atoms. The number of rotatable bonds is 7. The van der Waals surface area contributed by atoms with Crippen molar-refractivity contribution < 1.29 is 14.3 Å². The van der Waals surface area contributed by atoms with E-state index in [0.29, 0.717) is 30.5 Å². The molecule has 0 saturated heterocycles. The van der Waals surface area contributed by atoms with Crippen molar-refractivity contribution in [2.75, 3.05) is 13.2 Å². The average molecular weight is 420 g/mol. The van der Waals surface area contributed by atoms with Crippen molar-refractivity contribution in [1.82, 2.24) is 4.57 Å². The molecule has 6 heteroatoms. The van der Waals surface area contributed by atoms with Crippen LogP contribution in [0, 0.1) is 13.8 Å². The molecule has 0 radical (unpaired) electrons. The van der Waals surface area contributed by atoms with Crippen LogP contribution in [0.3, 0.4) is 0 Å². The first kappa shape index (κ1) is 20.6. The Morgan fingerprint density at radius 3 is 2.46 bits per heavy atom. The molecule has 3 aromatic rings. The van der Waals surface area contributed by atoms with Crippen molar-refractivity contribution in [2.24, 2.45) is 0 Å². The van der Waals surface area contributed by atoms with E-state index < -0.39 is 0 Å². The van der Waals surface area contributed by atoms with Crippen LogP contribution in [0.5, 0.6) is 5.75 Å². The molecule has 1 aromatic heterocycles. The molecule has 0 aliphatic heterocycles. The van der Waals surface area contributed by atoms with E-state index in [9.17, 15) is 4.79 Å². The minimum atomic E-state index is -0.334. The summed E-state index contributed by atoms with van der Waals surface area (Å²) in [5.74, 6) is 0.463. The molecule has 0 atom stereocenters. The molecular formula is C22H23Cl2NO3. The van der Waals surface area contributed by atoms with E-state index in [4.69, 9.17) is 32.7 Å². The van der Waals surface area contributed by atoms with Crippen molar-refractivity contribution in [2.45, 2.75) is 33.7 Å². The largest absolute Gasteiger partial charge is 0.494 e. The van der Waals surface area contributed by atoms with E-state index in [1.165, 1.54) is 0 Å². The minimum Gasteiger partial charge on any atom is -0.494 e. The van der Waals surface area contributed by atoms with E-state index in [0.717, 1.165) is 39.2 Å². The highest BCUT2D eigenvalue weighted by molar-refractivity contribution is 6.32. The SMILES string of the molecule is CCOC(=O)c1cc2ccc(Cl)cc2n1CCCOc1cc(C)c(Cl)c(C)c1. The maximum absolute atomic E-state index is 12.4. The number of halogens is 2. The molecule has 3 rings (SSSR count). The lowest BCUT2D eigenvalue weighted by molar-refractivity contribution is 0.0514. The molecule has 0 spiro atoms. The van der Waals surface area contributed by atoms with E-state index in [1.54, 1.807) is 6.92 Å². The van der Waals surface area contributed by atoms with E-state index >= 15 is 0 Å². The molecule has 0 unspecified atom stereocenters. The van der Waals surface area contributed by atoms with Crippen molar-refractivity contribution in [3.05, 3.63) is 63.3 Å². The van der Waals surface area contributed by atoms with Crippen LogP contribution in [0.25, 0.3) is 10.9 Å². The smallest absolute Gasteiger partial charge is 0.354 e. The van der Waals surface area contributed by atoms with Gasteiger partial charge in [0.2, 0.25) is 0 Å². The van der Waals surface area contributed by atoms with Gasteiger partial charge in [0, 0.05) is 22.0 Å². The van der Waals surface area contributed by atoms with Crippen LogP contribution in [0.4, 0.5) is 0 Å². The number of nitrogens with zero attached hydrogens (tertiary/aromatic N) is 1. The number of aromatic nitrogens is 1. The summed E-state index contributed by atoms with van der Waals surface area (Å²) in [6.45, 7) is 7.19. The van der Waals surface area contributed by atoms with Crippen LogP contribution in [0.2, 0.25) is 10.0 Å². The average Bonchev–Trinajstić information content (AvgIpc) is 3.01. The fourth-order valence-corrected chi connectivity index (χ4v) is 3.52. The van der Waals surface area contributed by atoms with Gasteiger partial charge in [0.1, 0.15) is 11.4 Å². The quantitative estimate of drug-likeness (QED) is 0.337. The summed E-state index contributed by atoms with van der Waals surface area (Å²) in [6, 6.07) is 11.3. The topological polar surface area (TPSA) is 40.5 Å². The molecule has 0 saturated carbocycles. The predicted octanol–water partition coefficient (Wildman–Crippen LogP) is 6.21. The lowest BCUT2D eigenvalue weighted by atomic mass is 10.1. The molecule has 148 valence electrons. The van der Waals surface area contributed by atoms with Crippen LogP contribution >= 0.6 is 23.2 Å². The maximum atomic E-state index is 12.4. The summed E-state index contributed by atoms with van der Waals surface area (Å²) in [7, 11) is 0. The monoisotopic (exact) mass is 419 g/mol. The Morgan fingerprint density at radius 2 is 1.79 bits per heavy atom. The van der Waals surface area contributed by atoms with Crippen molar-refractivity contribution >= 4 is 40.1 Å². The Balaban J connectivity index is 1.75. The fourth-order valence-electron chi connectivity index (χ4n) is 3.24. The summed E-state index contributed by atoms with van der Waals surface area (Å²) in [4.78, 5) is 12.4. The molecule has 0 aliphatic carbocycles. The van der Waals surface area contributed by atoms with Gasteiger partial charge in [-0.3, -0.25) is 0 Å². The lowest BCUT2D eigenvalue weighted by Gasteiger charge is -2.12. The molecule has 2 aromatic carbocycles. The van der Waals surface area contributed by atoms with E-state index in [2.05, 4.69) is 0 Å². The summed E-state index contributed by atoms with van der Waals surface area (Å²) in [6.07, 6.45) is 0.726. The maximum Gasteiger partial charge on any atom is 0.354 e. The predicted molar refractivity (Wildman–Crippen MR) is 114 cm³/mol. The zero-order valence-corrected chi connectivity index (χ0v) is 17.7. The number of hydrogen-bond acceptors (Lipinski definition) is 3. The van der Waals surface area contributed by atoms with Gasteiger partial charge in [-0.1, -0.05) is 29.3 Å². The van der Waals surface area contributed by atoms with Gasteiger partial charge in [-0.25, -0.2) is 4.79 Å². The number of aryl methyl sites for hydroxylation is 3. The third kappa shape index (κ3) is 4.45. The summed E-state index contributed by atoms with van der Waals surface area (Å²) < 4.78 is 13.0. The third-order valence-electron chi connectivity index (χ3n) is 4.56. The number of hydrogen-bond donors (Lipinski definition) is 0. The molecule has 0 amide bonds. The van der Waals surface area contributed by atoms with Crippen molar-refractivity contribution in [3.8, 4) is 5.75 Å². The van der Waals surface area contributed by atoms with E-state index in [1.807, 2.05) is 54.8 Å². The Morgan fingerprint density at radius 1 is 1.07 bits per heavy atom. The first-order chi connectivity index (χ1) is 13.4. The number of carbonyl (C=O) groups is 1. The number of esters is 1. The van der Waals surface area contributed by atoms with Gasteiger partial charge in [-0.2, -0.15) is 0 Å². The zero-order valence-electron chi connectivity index (χ0n) is 16.2. The van der Waals surface area contributed by atoms with Crippen LogP contribution in [-0.2, 0) is 11.3 Å². The summed E-state index contributed by atoms with van der Waals surface area (Å²) >= 11 is 12.4. The zero-order chi connectivity index (χ0) is 20.3. The number of fused-ring (bicyclic) bond motifs is 1. The van der Waals surface area contributed by atoms with Gasteiger partial charge < -0.3 is 14.0 Å². The second-order valence-electron chi connectivity index (χ2n) is 6.68. The highest BCUT2D eigenvalue weighted by Crippen LogP contribution is 2.27. The second-order valence-corrected chi connectivity index (χ2v) is 7.49. The molecule has 0 bridgehead atoms. The van der Waals surface area contributed by atoms with Crippen molar-refractivity contribution in [1.29, 1.82) is 0 Å². The van der Waals surface area contributed by atoms with Crippen LogP contribution in [0.15, 0.2) is 36.4 Å². The first-order valence-corrected chi connectivity index (χ1v) is 10.0. The Kier molecular flexibility index (Phi) is 6.53. The van der Waals surface area contributed by atoms with Crippen LogP contribution in [0.1, 0.15) is 35.0 Å². The second kappa shape index (κ2) is 8.89. The number of ether oxygens (including phenoxy) is 2. The van der Waals surface area contributed by atoms with Gasteiger partial charge in [0.25, 0.3) is 0 Å². The standard InChI is InChI=1S/C22H23Cl2NO3/c1-4-27-22(26)20-12-16-6-7-17(23)13-19(16)25(20)8-5-9-28-18-10-14(2)21(24)15(3)11-18/h6-7,10-13H,4-5,8-9H2,1-3H3. The summed E-state index contributed by atoms with van der Waals surface area (Å²) in [5, 5.41) is 2.35. The van der Waals surface area contributed by atoms with Crippen LogP contribution < -0.4 is 4.74 Å². The van der Waals surface area contributed by atoms with Gasteiger partial charge in [0.05, 0.1) is 18.7 Å². The van der Waals surface area contributed by atoms with E-state index in [-0.39, 0.29) is 5.97 Å². The normalized spacial score (nSPS) is 11.0. The fraction of sp³-hybridized carbons (Fsp3) is 0.318.